The van der Waals surface area contributed by atoms with Gasteiger partial charge in [-0.1, -0.05) is 12.8 Å². The van der Waals surface area contributed by atoms with E-state index < -0.39 is 11.8 Å². The van der Waals surface area contributed by atoms with Crippen LogP contribution in [0.4, 0.5) is 8.78 Å². The van der Waals surface area contributed by atoms with E-state index in [0.29, 0.717) is 25.1 Å². The van der Waals surface area contributed by atoms with Crippen LogP contribution in [0.3, 0.4) is 0 Å². The molecule has 1 atom stereocenters. The van der Waals surface area contributed by atoms with Crippen molar-refractivity contribution in [3.05, 3.63) is 0 Å². The summed E-state index contributed by atoms with van der Waals surface area (Å²) >= 11 is 5.99. The van der Waals surface area contributed by atoms with Crippen LogP contribution < -0.4 is 0 Å². The molecular formula is C12H19ClF2. The van der Waals surface area contributed by atoms with E-state index in [1.54, 1.807) is 0 Å². The molecule has 0 bridgehead atoms. The summed E-state index contributed by atoms with van der Waals surface area (Å²) in [6.07, 6.45) is 6.60. The molecule has 0 aromatic carbocycles. The normalized spacial score (nSPS) is 33.4. The molecule has 15 heavy (non-hydrogen) atoms. The van der Waals surface area contributed by atoms with Gasteiger partial charge < -0.3 is 0 Å². The van der Waals surface area contributed by atoms with Crippen molar-refractivity contribution in [2.75, 3.05) is 5.88 Å². The molecule has 0 amide bonds. The van der Waals surface area contributed by atoms with Crippen LogP contribution in [0.5, 0.6) is 0 Å². The Labute approximate surface area is 95.4 Å². The lowest BCUT2D eigenvalue weighted by Crippen LogP contribution is -2.30. The average Bonchev–Trinajstić information content (AvgIpc) is 2.76. The monoisotopic (exact) mass is 236 g/mol. The maximum atomic E-state index is 13.5. The standard InChI is InChI=1S/C12H19ClF2/c13-9-11(5-1-2-6-11)8-10-4-3-7-12(10,14)15/h10H,1-9H2. The highest BCUT2D eigenvalue weighted by Gasteiger charge is 2.48. The fraction of sp³-hybridized carbons (Fsp3) is 1.00. The summed E-state index contributed by atoms with van der Waals surface area (Å²) in [6.45, 7) is 0. The van der Waals surface area contributed by atoms with Gasteiger partial charge in [-0.15, -0.1) is 11.6 Å². The molecule has 3 heteroatoms. The third-order valence-electron chi connectivity index (χ3n) is 4.29. The number of halogens is 3. The van der Waals surface area contributed by atoms with Crippen molar-refractivity contribution in [3.63, 3.8) is 0 Å². The maximum Gasteiger partial charge on any atom is 0.250 e. The van der Waals surface area contributed by atoms with Gasteiger partial charge in [0.1, 0.15) is 0 Å². The second kappa shape index (κ2) is 4.20. The van der Waals surface area contributed by atoms with Gasteiger partial charge in [0.05, 0.1) is 0 Å². The first-order chi connectivity index (χ1) is 7.08. The molecule has 0 aromatic rings. The Balaban J connectivity index is 2.00. The zero-order valence-electron chi connectivity index (χ0n) is 9.08. The second-order valence-corrected chi connectivity index (χ2v) is 5.66. The molecule has 2 rings (SSSR count). The number of rotatable bonds is 3. The number of hydrogen-bond acceptors (Lipinski definition) is 0. The van der Waals surface area contributed by atoms with E-state index in [-0.39, 0.29) is 11.8 Å². The van der Waals surface area contributed by atoms with E-state index in [1.165, 1.54) is 12.8 Å². The highest BCUT2D eigenvalue weighted by Crippen LogP contribution is 2.51. The first kappa shape index (κ1) is 11.6. The number of alkyl halides is 3. The molecule has 0 spiro atoms. The first-order valence-electron chi connectivity index (χ1n) is 6.02. The summed E-state index contributed by atoms with van der Waals surface area (Å²) in [4.78, 5) is 0. The SMILES string of the molecule is FC1(F)CCCC1CC1(CCl)CCCC1. The van der Waals surface area contributed by atoms with Gasteiger partial charge in [0.15, 0.2) is 0 Å². The van der Waals surface area contributed by atoms with Gasteiger partial charge in [-0.3, -0.25) is 0 Å². The topological polar surface area (TPSA) is 0 Å². The van der Waals surface area contributed by atoms with Gasteiger partial charge in [0.2, 0.25) is 0 Å². The maximum absolute atomic E-state index is 13.5. The van der Waals surface area contributed by atoms with Gasteiger partial charge in [-0.05, 0) is 37.5 Å². The third kappa shape index (κ3) is 2.30. The lowest BCUT2D eigenvalue weighted by atomic mass is 9.78. The quantitative estimate of drug-likeness (QED) is 0.628. The molecule has 0 saturated heterocycles. The minimum atomic E-state index is -2.42. The van der Waals surface area contributed by atoms with Crippen LogP contribution in [-0.2, 0) is 0 Å². The van der Waals surface area contributed by atoms with Crippen molar-refractivity contribution in [1.82, 2.24) is 0 Å². The van der Waals surface area contributed by atoms with Crippen molar-refractivity contribution in [1.29, 1.82) is 0 Å². The molecule has 0 heterocycles. The molecule has 2 aliphatic carbocycles. The Morgan fingerprint density at radius 3 is 2.20 bits per heavy atom. The van der Waals surface area contributed by atoms with Gasteiger partial charge in [0, 0.05) is 18.2 Å². The van der Waals surface area contributed by atoms with Crippen molar-refractivity contribution in [2.24, 2.45) is 11.3 Å². The molecule has 0 aliphatic heterocycles. The van der Waals surface area contributed by atoms with E-state index in [0.717, 1.165) is 12.8 Å². The summed E-state index contributed by atoms with van der Waals surface area (Å²) in [7, 11) is 0. The van der Waals surface area contributed by atoms with Crippen LogP contribution in [0.15, 0.2) is 0 Å². The predicted molar refractivity (Wildman–Crippen MR) is 58.5 cm³/mol. The van der Waals surface area contributed by atoms with Crippen molar-refractivity contribution in [2.45, 2.75) is 57.3 Å². The van der Waals surface area contributed by atoms with Gasteiger partial charge in [-0.2, -0.15) is 0 Å². The highest BCUT2D eigenvalue weighted by atomic mass is 35.5. The van der Waals surface area contributed by atoms with E-state index >= 15 is 0 Å². The number of hydrogen-bond donors (Lipinski definition) is 0. The summed E-state index contributed by atoms with van der Waals surface area (Å²) < 4.78 is 27.1. The summed E-state index contributed by atoms with van der Waals surface area (Å²) in [6, 6.07) is 0. The van der Waals surface area contributed by atoms with Gasteiger partial charge >= 0.3 is 0 Å². The van der Waals surface area contributed by atoms with Crippen LogP contribution in [0.1, 0.15) is 51.4 Å². The molecule has 0 aromatic heterocycles. The fourth-order valence-corrected chi connectivity index (χ4v) is 3.67. The third-order valence-corrected chi connectivity index (χ3v) is 4.85. The summed E-state index contributed by atoms with van der Waals surface area (Å²) in [5.74, 6) is -2.24. The minimum Gasteiger partial charge on any atom is -0.207 e. The molecule has 0 radical (unpaired) electrons. The summed E-state index contributed by atoms with van der Waals surface area (Å²) in [5, 5.41) is 0. The Kier molecular flexibility index (Phi) is 3.25. The molecule has 0 nitrogen and oxygen atoms in total. The largest absolute Gasteiger partial charge is 0.250 e. The Morgan fingerprint density at radius 2 is 1.73 bits per heavy atom. The van der Waals surface area contributed by atoms with Gasteiger partial charge in [0.25, 0.3) is 5.92 Å². The smallest absolute Gasteiger partial charge is 0.207 e. The molecule has 0 N–H and O–H groups in total. The molecule has 2 fully saturated rings. The van der Waals surface area contributed by atoms with E-state index in [9.17, 15) is 8.78 Å². The lowest BCUT2D eigenvalue weighted by Gasteiger charge is -2.32. The van der Waals surface area contributed by atoms with Crippen molar-refractivity contribution < 1.29 is 8.78 Å². The van der Waals surface area contributed by atoms with Crippen LogP contribution in [0.2, 0.25) is 0 Å². The van der Waals surface area contributed by atoms with Crippen molar-refractivity contribution >= 4 is 11.6 Å². The molecule has 2 aliphatic rings. The van der Waals surface area contributed by atoms with Crippen LogP contribution in [0.25, 0.3) is 0 Å². The second-order valence-electron chi connectivity index (χ2n) is 5.40. The van der Waals surface area contributed by atoms with Crippen molar-refractivity contribution in [3.8, 4) is 0 Å². The molecule has 2 saturated carbocycles. The van der Waals surface area contributed by atoms with E-state index in [4.69, 9.17) is 11.6 Å². The average molecular weight is 237 g/mol. The fourth-order valence-electron chi connectivity index (χ4n) is 3.29. The van der Waals surface area contributed by atoms with Crippen LogP contribution >= 0.6 is 11.6 Å². The predicted octanol–water partition coefficient (Wildman–Crippen LogP) is 4.61. The molecule has 1 unspecified atom stereocenters. The van der Waals surface area contributed by atoms with E-state index in [2.05, 4.69) is 0 Å². The minimum absolute atomic E-state index is 0.0417. The Hall–Kier alpha value is 0.150. The Bertz CT molecular complexity index is 222. The Morgan fingerprint density at radius 1 is 1.07 bits per heavy atom. The zero-order chi connectivity index (χ0) is 10.9. The van der Waals surface area contributed by atoms with E-state index in [1.807, 2.05) is 0 Å². The first-order valence-corrected chi connectivity index (χ1v) is 6.55. The molecule has 88 valence electrons. The van der Waals surface area contributed by atoms with Crippen LogP contribution in [-0.4, -0.2) is 11.8 Å². The van der Waals surface area contributed by atoms with Crippen LogP contribution in [0, 0.1) is 11.3 Å². The lowest BCUT2D eigenvalue weighted by molar-refractivity contribution is -0.0511. The molecular weight excluding hydrogens is 218 g/mol. The zero-order valence-corrected chi connectivity index (χ0v) is 9.83. The summed E-state index contributed by atoms with van der Waals surface area (Å²) in [5.41, 5.74) is 0.0417. The van der Waals surface area contributed by atoms with Gasteiger partial charge in [-0.25, -0.2) is 8.78 Å². The highest BCUT2D eigenvalue weighted by molar-refractivity contribution is 6.18.